The fraction of sp³-hybridized carbons (Fsp3) is 0.636. The van der Waals surface area contributed by atoms with Crippen molar-refractivity contribution in [2.24, 2.45) is 4.99 Å². The van der Waals surface area contributed by atoms with Crippen molar-refractivity contribution in [3.8, 4) is 0 Å². The predicted octanol–water partition coefficient (Wildman–Crippen LogP) is 1.83. The molecule has 1 aliphatic heterocycles. The van der Waals surface area contributed by atoms with Gasteiger partial charge >= 0.3 is 0 Å². The second-order valence-electron chi connectivity index (χ2n) is 7.51. The van der Waals surface area contributed by atoms with Gasteiger partial charge in [0.25, 0.3) is 0 Å². The van der Waals surface area contributed by atoms with Gasteiger partial charge in [-0.25, -0.2) is 4.99 Å². The van der Waals surface area contributed by atoms with E-state index in [0.717, 1.165) is 63.7 Å². The Hall–Kier alpha value is -2.12. The highest BCUT2D eigenvalue weighted by Gasteiger charge is 2.19. The SMILES string of the molecule is CCNC(=NCc1cccc(CN2CCCC2=O)c1)NCCN(C)CCCOC. The van der Waals surface area contributed by atoms with Crippen LogP contribution in [0.25, 0.3) is 0 Å². The number of nitrogens with one attached hydrogen (secondary N) is 2. The molecule has 29 heavy (non-hydrogen) atoms. The molecule has 2 N–H and O–H groups in total. The summed E-state index contributed by atoms with van der Waals surface area (Å²) in [5.74, 6) is 1.09. The Labute approximate surface area is 175 Å². The second kappa shape index (κ2) is 13.2. The molecule has 1 aromatic carbocycles. The Bertz CT molecular complexity index is 650. The molecule has 1 aliphatic rings. The number of likely N-dealkylation sites (N-methyl/N-ethyl adjacent to an activating group) is 1. The lowest BCUT2D eigenvalue weighted by Gasteiger charge is -2.18. The van der Waals surface area contributed by atoms with E-state index >= 15 is 0 Å². The van der Waals surface area contributed by atoms with Gasteiger partial charge in [0.05, 0.1) is 6.54 Å². The van der Waals surface area contributed by atoms with Crippen molar-refractivity contribution in [1.29, 1.82) is 0 Å². The molecule has 2 rings (SSSR count). The largest absolute Gasteiger partial charge is 0.385 e. The fourth-order valence-corrected chi connectivity index (χ4v) is 3.39. The van der Waals surface area contributed by atoms with Gasteiger partial charge in [-0.15, -0.1) is 0 Å². The Kier molecular flexibility index (Phi) is 10.5. The van der Waals surface area contributed by atoms with E-state index in [1.165, 1.54) is 5.56 Å². The lowest BCUT2D eigenvalue weighted by atomic mass is 10.1. The molecule has 1 saturated heterocycles. The third kappa shape index (κ3) is 8.83. The van der Waals surface area contributed by atoms with Crippen molar-refractivity contribution in [2.75, 3.05) is 53.5 Å². The highest BCUT2D eigenvalue weighted by Crippen LogP contribution is 2.15. The van der Waals surface area contributed by atoms with E-state index in [1.54, 1.807) is 7.11 Å². The van der Waals surface area contributed by atoms with E-state index in [2.05, 4.69) is 53.8 Å². The Morgan fingerprint density at radius 1 is 1.28 bits per heavy atom. The van der Waals surface area contributed by atoms with Crippen molar-refractivity contribution in [1.82, 2.24) is 20.4 Å². The van der Waals surface area contributed by atoms with Crippen LogP contribution in [0, 0.1) is 0 Å². The van der Waals surface area contributed by atoms with Gasteiger partial charge in [0.1, 0.15) is 0 Å². The second-order valence-corrected chi connectivity index (χ2v) is 7.51. The number of guanidine groups is 1. The van der Waals surface area contributed by atoms with Gasteiger partial charge in [-0.1, -0.05) is 24.3 Å². The fourth-order valence-electron chi connectivity index (χ4n) is 3.39. The summed E-state index contributed by atoms with van der Waals surface area (Å²) in [4.78, 5) is 20.8. The molecule has 0 spiro atoms. The van der Waals surface area contributed by atoms with E-state index in [4.69, 9.17) is 9.73 Å². The first-order valence-corrected chi connectivity index (χ1v) is 10.7. The summed E-state index contributed by atoms with van der Waals surface area (Å²) in [6, 6.07) is 8.38. The zero-order valence-corrected chi connectivity index (χ0v) is 18.2. The number of aliphatic imine (C=N–C) groups is 1. The van der Waals surface area contributed by atoms with Crippen molar-refractivity contribution in [3.63, 3.8) is 0 Å². The van der Waals surface area contributed by atoms with Crippen LogP contribution in [0.1, 0.15) is 37.3 Å². The van der Waals surface area contributed by atoms with Crippen LogP contribution in [-0.2, 0) is 22.6 Å². The van der Waals surface area contributed by atoms with Gasteiger partial charge in [-0.2, -0.15) is 0 Å². The summed E-state index contributed by atoms with van der Waals surface area (Å²) >= 11 is 0. The Morgan fingerprint density at radius 2 is 2.10 bits per heavy atom. The average Bonchev–Trinajstić information content (AvgIpc) is 3.11. The summed E-state index contributed by atoms with van der Waals surface area (Å²) in [5, 5.41) is 6.71. The minimum Gasteiger partial charge on any atom is -0.385 e. The number of carbonyl (C=O) groups is 1. The van der Waals surface area contributed by atoms with Gasteiger partial charge in [0.15, 0.2) is 5.96 Å². The standard InChI is InChI=1S/C22H37N5O2/c1-4-23-22(24-11-14-26(2)12-7-15-29-3)25-17-19-8-5-9-20(16-19)18-27-13-6-10-21(27)28/h5,8-9,16H,4,6-7,10-15,17-18H2,1-3H3,(H2,23,24,25). The summed E-state index contributed by atoms with van der Waals surface area (Å²) in [7, 11) is 3.86. The van der Waals surface area contributed by atoms with Gasteiger partial charge in [0, 0.05) is 59.4 Å². The molecule has 162 valence electrons. The number of benzene rings is 1. The van der Waals surface area contributed by atoms with Crippen molar-refractivity contribution in [3.05, 3.63) is 35.4 Å². The highest BCUT2D eigenvalue weighted by atomic mass is 16.5. The first-order chi connectivity index (χ1) is 14.1. The number of hydrogen-bond donors (Lipinski definition) is 2. The number of amides is 1. The maximum absolute atomic E-state index is 11.9. The predicted molar refractivity (Wildman–Crippen MR) is 118 cm³/mol. The molecule has 0 bridgehead atoms. The molecule has 0 radical (unpaired) electrons. The van der Waals surface area contributed by atoms with Crippen LogP contribution in [0.3, 0.4) is 0 Å². The molecule has 7 nitrogen and oxygen atoms in total. The maximum Gasteiger partial charge on any atom is 0.222 e. The highest BCUT2D eigenvalue weighted by molar-refractivity contribution is 5.79. The summed E-state index contributed by atoms with van der Waals surface area (Å²) < 4.78 is 5.10. The van der Waals surface area contributed by atoms with E-state index in [0.29, 0.717) is 19.5 Å². The molecule has 0 aliphatic carbocycles. The van der Waals surface area contributed by atoms with E-state index in [9.17, 15) is 4.79 Å². The van der Waals surface area contributed by atoms with Crippen LogP contribution in [0.4, 0.5) is 0 Å². The molecule has 1 fully saturated rings. The normalized spacial score (nSPS) is 14.7. The minimum atomic E-state index is 0.263. The number of rotatable bonds is 12. The van der Waals surface area contributed by atoms with E-state index < -0.39 is 0 Å². The van der Waals surface area contributed by atoms with Crippen LogP contribution in [-0.4, -0.2) is 75.2 Å². The molecular weight excluding hydrogens is 366 g/mol. The van der Waals surface area contributed by atoms with Crippen LogP contribution in [0.15, 0.2) is 29.3 Å². The zero-order chi connectivity index (χ0) is 20.9. The number of likely N-dealkylation sites (tertiary alicyclic amines) is 1. The number of carbonyl (C=O) groups excluding carboxylic acids is 1. The van der Waals surface area contributed by atoms with E-state index in [1.807, 2.05) is 4.90 Å². The number of nitrogens with zero attached hydrogens (tertiary/aromatic N) is 3. The quantitative estimate of drug-likeness (QED) is 0.317. The topological polar surface area (TPSA) is 69.2 Å². The maximum atomic E-state index is 11.9. The van der Waals surface area contributed by atoms with Gasteiger partial charge in [0.2, 0.25) is 5.91 Å². The molecule has 1 amide bonds. The molecule has 0 aromatic heterocycles. The number of methoxy groups -OCH3 is 1. The third-order valence-electron chi connectivity index (χ3n) is 4.97. The van der Waals surface area contributed by atoms with Gasteiger partial charge < -0.3 is 25.2 Å². The summed E-state index contributed by atoms with van der Waals surface area (Å²) in [5.41, 5.74) is 2.33. The molecule has 0 unspecified atom stereocenters. The summed E-state index contributed by atoms with van der Waals surface area (Å²) in [6.45, 7) is 8.69. The minimum absolute atomic E-state index is 0.263. The van der Waals surface area contributed by atoms with Crippen LogP contribution >= 0.6 is 0 Å². The number of ether oxygens (including phenoxy) is 1. The molecule has 0 saturated carbocycles. The van der Waals surface area contributed by atoms with Gasteiger partial charge in [-0.05, 0) is 37.9 Å². The smallest absolute Gasteiger partial charge is 0.222 e. The molecule has 7 heteroatoms. The first-order valence-electron chi connectivity index (χ1n) is 10.7. The zero-order valence-electron chi connectivity index (χ0n) is 18.2. The number of hydrogen-bond acceptors (Lipinski definition) is 4. The van der Waals surface area contributed by atoms with Crippen molar-refractivity contribution < 1.29 is 9.53 Å². The summed E-state index contributed by atoms with van der Waals surface area (Å²) in [6.07, 6.45) is 2.70. The van der Waals surface area contributed by atoms with Crippen molar-refractivity contribution in [2.45, 2.75) is 39.3 Å². The molecule has 0 atom stereocenters. The molecule has 1 heterocycles. The third-order valence-corrected chi connectivity index (χ3v) is 4.97. The molecular formula is C22H37N5O2. The average molecular weight is 404 g/mol. The van der Waals surface area contributed by atoms with E-state index in [-0.39, 0.29) is 5.91 Å². The Balaban J connectivity index is 1.82. The van der Waals surface area contributed by atoms with Crippen LogP contribution in [0.2, 0.25) is 0 Å². The lowest BCUT2D eigenvalue weighted by Crippen LogP contribution is -2.41. The first kappa shape index (κ1) is 23.2. The monoisotopic (exact) mass is 403 g/mol. The van der Waals surface area contributed by atoms with Crippen molar-refractivity contribution >= 4 is 11.9 Å². The lowest BCUT2D eigenvalue weighted by molar-refractivity contribution is -0.128. The Morgan fingerprint density at radius 3 is 2.83 bits per heavy atom. The van der Waals surface area contributed by atoms with Gasteiger partial charge in [-0.3, -0.25) is 4.79 Å². The van der Waals surface area contributed by atoms with Crippen LogP contribution < -0.4 is 10.6 Å². The molecule has 1 aromatic rings. The van der Waals surface area contributed by atoms with Crippen LogP contribution in [0.5, 0.6) is 0 Å².